The molecule has 1 aromatic rings. The van der Waals surface area contributed by atoms with Crippen LogP contribution in [0, 0.1) is 0 Å². The van der Waals surface area contributed by atoms with Gasteiger partial charge >= 0.3 is 6.16 Å². The average Bonchev–Trinajstić information content (AvgIpc) is 2.15. The van der Waals surface area contributed by atoms with Crippen LogP contribution in [0.2, 0.25) is 0 Å². The quantitative estimate of drug-likeness (QED) is 0.492. The van der Waals surface area contributed by atoms with E-state index in [0.717, 1.165) is 10.5 Å². The average molecular weight is 258 g/mol. The van der Waals surface area contributed by atoms with Crippen molar-refractivity contribution >= 4 is 28.6 Å². The molecular weight excluding hydrogens is 244 g/mol. The Morgan fingerprint density at radius 3 is 2.69 bits per heavy atom. The third-order valence-electron chi connectivity index (χ3n) is 2.05. The third kappa shape index (κ3) is 3.98. The summed E-state index contributed by atoms with van der Waals surface area (Å²) in [6.45, 7) is 3.50. The zero-order valence-electron chi connectivity index (χ0n) is 9.14. The lowest BCUT2D eigenvalue weighted by atomic mass is 9.98. The van der Waals surface area contributed by atoms with E-state index in [1.165, 1.54) is 10.8 Å². The summed E-state index contributed by atoms with van der Waals surface area (Å²) in [7, 11) is 1.35. The lowest BCUT2D eigenvalue weighted by molar-refractivity contribution is 0.00397. The van der Waals surface area contributed by atoms with E-state index < -0.39 is 11.8 Å². The van der Waals surface area contributed by atoms with Crippen LogP contribution in [0.1, 0.15) is 19.4 Å². The van der Waals surface area contributed by atoms with Crippen molar-refractivity contribution in [2.75, 3.05) is 0 Å². The molecule has 0 aromatic heterocycles. The number of ether oxygens (including phenoxy) is 1. The second-order valence-corrected chi connectivity index (χ2v) is 5.17. The van der Waals surface area contributed by atoms with Crippen LogP contribution in [0.25, 0.3) is 0 Å². The summed E-state index contributed by atoms with van der Waals surface area (Å²) in [5.74, 6) is 0. The van der Waals surface area contributed by atoms with Gasteiger partial charge in [-0.25, -0.2) is 4.79 Å². The highest BCUT2D eigenvalue weighted by Gasteiger charge is 2.24. The molecule has 0 radical (unpaired) electrons. The Hall–Kier alpha value is -0.810. The molecule has 0 saturated heterocycles. The molecule has 0 bridgehead atoms. The van der Waals surface area contributed by atoms with Crippen molar-refractivity contribution in [3.8, 4) is 0 Å². The summed E-state index contributed by atoms with van der Waals surface area (Å²) < 4.78 is 4.82. The highest BCUT2D eigenvalue weighted by atomic mass is 33.1. The van der Waals surface area contributed by atoms with Crippen LogP contribution < -0.4 is 0 Å². The van der Waals surface area contributed by atoms with E-state index >= 15 is 0 Å². The molecule has 0 atom stereocenters. The van der Waals surface area contributed by atoms with E-state index in [2.05, 4.69) is 11.7 Å². The van der Waals surface area contributed by atoms with Crippen LogP contribution in [0.15, 0.2) is 29.2 Å². The number of carbonyl (C=O) groups is 1. The van der Waals surface area contributed by atoms with Crippen molar-refractivity contribution in [2.45, 2.75) is 30.8 Å². The zero-order chi connectivity index (χ0) is 12.2. The molecular formula is C11H14O3S2. The highest BCUT2D eigenvalue weighted by Crippen LogP contribution is 2.29. The SMILES string of the molecule is CC(C)(Cc1ccccc1SS)OC(=O)O. The zero-order valence-corrected chi connectivity index (χ0v) is 10.8. The van der Waals surface area contributed by atoms with Gasteiger partial charge in [0.05, 0.1) is 0 Å². The normalized spacial score (nSPS) is 11.2. The number of hydrogen-bond acceptors (Lipinski definition) is 4. The molecule has 0 spiro atoms. The van der Waals surface area contributed by atoms with Gasteiger partial charge in [0.15, 0.2) is 0 Å². The number of hydrogen-bond donors (Lipinski definition) is 2. The molecule has 0 fully saturated rings. The van der Waals surface area contributed by atoms with Gasteiger partial charge in [-0.05, 0) is 25.5 Å². The number of carboxylic acid groups (broad SMARTS) is 1. The molecule has 0 amide bonds. The molecule has 0 aliphatic carbocycles. The van der Waals surface area contributed by atoms with E-state index in [4.69, 9.17) is 9.84 Å². The van der Waals surface area contributed by atoms with Crippen LogP contribution >= 0.6 is 22.5 Å². The predicted molar refractivity (Wildman–Crippen MR) is 68.2 cm³/mol. The first-order valence-electron chi connectivity index (χ1n) is 4.76. The van der Waals surface area contributed by atoms with E-state index in [-0.39, 0.29) is 0 Å². The molecule has 3 nitrogen and oxygen atoms in total. The molecule has 0 aliphatic heterocycles. The van der Waals surface area contributed by atoms with Crippen molar-refractivity contribution < 1.29 is 14.6 Å². The van der Waals surface area contributed by atoms with Gasteiger partial charge < -0.3 is 9.84 Å². The minimum absolute atomic E-state index is 0.531. The van der Waals surface area contributed by atoms with Gasteiger partial charge in [0, 0.05) is 11.3 Å². The van der Waals surface area contributed by atoms with Gasteiger partial charge in [0.1, 0.15) is 5.60 Å². The summed E-state index contributed by atoms with van der Waals surface area (Å²) in [4.78, 5) is 11.5. The Labute approximate surface area is 104 Å². The van der Waals surface area contributed by atoms with E-state index in [9.17, 15) is 4.79 Å². The molecule has 16 heavy (non-hydrogen) atoms. The van der Waals surface area contributed by atoms with Gasteiger partial charge in [-0.2, -0.15) is 0 Å². The molecule has 1 N–H and O–H groups in total. The van der Waals surface area contributed by atoms with Gasteiger partial charge in [-0.15, -0.1) is 11.7 Å². The number of rotatable bonds is 4. The van der Waals surface area contributed by atoms with Gasteiger partial charge in [0.25, 0.3) is 0 Å². The topological polar surface area (TPSA) is 46.5 Å². The van der Waals surface area contributed by atoms with E-state index in [0.29, 0.717) is 6.42 Å². The molecule has 1 rings (SSSR count). The minimum Gasteiger partial charge on any atom is -0.450 e. The first-order chi connectivity index (χ1) is 7.44. The fraction of sp³-hybridized carbons (Fsp3) is 0.364. The summed E-state index contributed by atoms with van der Waals surface area (Å²) in [5, 5.41) is 8.61. The molecule has 0 unspecified atom stereocenters. The van der Waals surface area contributed by atoms with Crippen LogP contribution in [0.5, 0.6) is 0 Å². The van der Waals surface area contributed by atoms with E-state index in [1.54, 1.807) is 13.8 Å². The van der Waals surface area contributed by atoms with Crippen LogP contribution in [0.4, 0.5) is 4.79 Å². The Morgan fingerprint density at radius 2 is 2.12 bits per heavy atom. The largest absolute Gasteiger partial charge is 0.506 e. The molecule has 1 aromatic carbocycles. The van der Waals surface area contributed by atoms with E-state index in [1.807, 2.05) is 24.3 Å². The van der Waals surface area contributed by atoms with Crippen molar-refractivity contribution in [3.63, 3.8) is 0 Å². The van der Waals surface area contributed by atoms with Crippen LogP contribution in [0.3, 0.4) is 0 Å². The molecule has 88 valence electrons. The second kappa shape index (κ2) is 5.50. The summed E-state index contributed by atoms with van der Waals surface area (Å²) >= 11 is 4.16. The summed E-state index contributed by atoms with van der Waals surface area (Å²) in [5.41, 5.74) is 0.305. The van der Waals surface area contributed by atoms with Crippen molar-refractivity contribution in [1.29, 1.82) is 0 Å². The molecule has 5 heteroatoms. The Kier molecular flexibility index (Phi) is 4.56. The van der Waals surface area contributed by atoms with Crippen molar-refractivity contribution in [1.82, 2.24) is 0 Å². The second-order valence-electron chi connectivity index (χ2n) is 4.00. The molecule has 0 heterocycles. The predicted octanol–water partition coefficient (Wildman–Crippen LogP) is 3.64. The first kappa shape index (κ1) is 13.3. The Morgan fingerprint density at radius 1 is 1.50 bits per heavy atom. The maximum atomic E-state index is 10.5. The monoisotopic (exact) mass is 258 g/mol. The Balaban J connectivity index is 2.82. The smallest absolute Gasteiger partial charge is 0.450 e. The van der Waals surface area contributed by atoms with Crippen LogP contribution in [-0.2, 0) is 11.2 Å². The number of benzene rings is 1. The first-order valence-corrected chi connectivity index (χ1v) is 6.63. The minimum atomic E-state index is -1.25. The van der Waals surface area contributed by atoms with Gasteiger partial charge in [-0.3, -0.25) is 0 Å². The maximum absolute atomic E-state index is 10.5. The third-order valence-corrected chi connectivity index (χ3v) is 3.24. The van der Waals surface area contributed by atoms with Crippen molar-refractivity contribution in [3.05, 3.63) is 29.8 Å². The summed E-state index contributed by atoms with van der Waals surface area (Å²) in [6, 6.07) is 7.74. The van der Waals surface area contributed by atoms with Gasteiger partial charge in [-0.1, -0.05) is 29.0 Å². The fourth-order valence-corrected chi connectivity index (χ4v) is 2.40. The molecule has 0 aliphatic rings. The van der Waals surface area contributed by atoms with Gasteiger partial charge in [0.2, 0.25) is 0 Å². The lowest BCUT2D eigenvalue weighted by Crippen LogP contribution is -2.30. The lowest BCUT2D eigenvalue weighted by Gasteiger charge is -2.24. The number of thiol groups is 1. The maximum Gasteiger partial charge on any atom is 0.506 e. The molecule has 0 saturated carbocycles. The van der Waals surface area contributed by atoms with Crippen molar-refractivity contribution in [2.24, 2.45) is 0 Å². The fourth-order valence-electron chi connectivity index (χ4n) is 1.47. The van der Waals surface area contributed by atoms with Crippen LogP contribution in [-0.4, -0.2) is 16.9 Å². The Bertz CT molecular complexity index is 377. The standard InChI is InChI=1S/C11H14O3S2/c1-11(2,14-10(12)13)7-8-5-3-4-6-9(8)16-15/h3-6,15H,7H2,1-2H3,(H,12,13). The summed E-state index contributed by atoms with van der Waals surface area (Å²) in [6.07, 6.45) is -0.718. The highest BCUT2D eigenvalue weighted by molar-refractivity contribution is 8.68.